The molecule has 1 N–H and O–H groups in total. The van der Waals surface area contributed by atoms with Crippen LogP contribution in [0.4, 0.5) is 0 Å². The van der Waals surface area contributed by atoms with Gasteiger partial charge < -0.3 is 14.6 Å². The topological polar surface area (TPSA) is 51.6 Å². The lowest BCUT2D eigenvalue weighted by molar-refractivity contribution is -0.0358. The molecule has 18 heavy (non-hydrogen) atoms. The summed E-state index contributed by atoms with van der Waals surface area (Å²) in [5.41, 5.74) is 0.730. The third-order valence-electron chi connectivity index (χ3n) is 2.58. The van der Waals surface area contributed by atoms with E-state index in [1.807, 2.05) is 33.8 Å². The molecule has 0 spiro atoms. The minimum Gasteiger partial charge on any atom is -0.489 e. The molecule has 0 radical (unpaired) electrons. The number of pyridine rings is 1. The minimum atomic E-state index is -0.668. The third-order valence-corrected chi connectivity index (χ3v) is 2.58. The lowest BCUT2D eigenvalue weighted by Gasteiger charge is -2.22. The molecule has 0 bridgehead atoms. The fraction of sp³-hybridized carbons (Fsp3) is 0.643. The smallest absolute Gasteiger partial charge is 0.138 e. The first-order valence-corrected chi connectivity index (χ1v) is 6.49. The van der Waals surface area contributed by atoms with Gasteiger partial charge in [-0.05, 0) is 33.3 Å². The van der Waals surface area contributed by atoms with Gasteiger partial charge in [-0.25, -0.2) is 0 Å². The first-order valence-electron chi connectivity index (χ1n) is 6.49. The lowest BCUT2D eigenvalue weighted by Crippen LogP contribution is -2.21. The summed E-state index contributed by atoms with van der Waals surface area (Å²) in [4.78, 5) is 4.10. The van der Waals surface area contributed by atoms with Gasteiger partial charge in [-0.15, -0.1) is 0 Å². The Labute approximate surface area is 109 Å². The number of hydrogen-bond donors (Lipinski definition) is 1. The average molecular weight is 253 g/mol. The Bertz CT molecular complexity index is 355. The van der Waals surface area contributed by atoms with Gasteiger partial charge in [0, 0.05) is 18.4 Å². The van der Waals surface area contributed by atoms with Crippen LogP contribution >= 0.6 is 0 Å². The first kappa shape index (κ1) is 14.9. The largest absolute Gasteiger partial charge is 0.489 e. The van der Waals surface area contributed by atoms with Crippen molar-refractivity contribution >= 4 is 0 Å². The molecule has 2 atom stereocenters. The van der Waals surface area contributed by atoms with Crippen LogP contribution in [0, 0.1) is 0 Å². The highest BCUT2D eigenvalue weighted by Gasteiger charge is 2.20. The number of aliphatic hydroxyl groups excluding tert-OH is 1. The summed E-state index contributed by atoms with van der Waals surface area (Å²) in [5.74, 6) is 0.674. The molecule has 0 aliphatic heterocycles. The highest BCUT2D eigenvalue weighted by Crippen LogP contribution is 2.24. The van der Waals surface area contributed by atoms with E-state index < -0.39 is 6.10 Å². The summed E-state index contributed by atoms with van der Waals surface area (Å²) in [5, 5.41) is 10.2. The van der Waals surface area contributed by atoms with Crippen molar-refractivity contribution in [1.29, 1.82) is 0 Å². The minimum absolute atomic E-state index is 0.0908. The van der Waals surface area contributed by atoms with Crippen molar-refractivity contribution in [1.82, 2.24) is 4.98 Å². The van der Waals surface area contributed by atoms with Gasteiger partial charge in [0.1, 0.15) is 11.9 Å². The maximum Gasteiger partial charge on any atom is 0.138 e. The Morgan fingerprint density at radius 3 is 2.56 bits per heavy atom. The number of aliphatic hydroxyl groups is 1. The molecule has 0 aliphatic carbocycles. The van der Waals surface area contributed by atoms with Gasteiger partial charge >= 0.3 is 0 Å². The van der Waals surface area contributed by atoms with E-state index in [0.717, 1.165) is 12.0 Å². The normalized spacial score (nSPS) is 14.6. The van der Waals surface area contributed by atoms with Crippen LogP contribution in [0.1, 0.15) is 45.8 Å². The highest BCUT2D eigenvalue weighted by molar-refractivity contribution is 5.26. The molecule has 1 rings (SSSR count). The molecule has 1 aromatic rings. The monoisotopic (exact) mass is 253 g/mol. The van der Waals surface area contributed by atoms with Crippen LogP contribution in [0.25, 0.3) is 0 Å². The Morgan fingerprint density at radius 1 is 1.28 bits per heavy atom. The Hall–Kier alpha value is -1.13. The maximum atomic E-state index is 10.2. The second-order valence-electron chi connectivity index (χ2n) is 4.47. The van der Waals surface area contributed by atoms with Crippen LogP contribution in [0.2, 0.25) is 0 Å². The van der Waals surface area contributed by atoms with E-state index in [-0.39, 0.29) is 12.2 Å². The molecule has 1 aromatic heterocycles. The Kier molecular flexibility index (Phi) is 6.09. The van der Waals surface area contributed by atoms with Crippen LogP contribution in [-0.4, -0.2) is 28.9 Å². The maximum absolute atomic E-state index is 10.2. The van der Waals surface area contributed by atoms with Crippen molar-refractivity contribution < 1.29 is 14.6 Å². The van der Waals surface area contributed by atoms with Gasteiger partial charge in [0.15, 0.2) is 0 Å². The summed E-state index contributed by atoms with van der Waals surface area (Å²) >= 11 is 0. The zero-order valence-corrected chi connectivity index (χ0v) is 11.6. The summed E-state index contributed by atoms with van der Waals surface area (Å²) in [7, 11) is 0. The van der Waals surface area contributed by atoms with Crippen molar-refractivity contribution in [3.63, 3.8) is 0 Å². The summed E-state index contributed by atoms with van der Waals surface area (Å²) in [6.45, 7) is 8.42. The summed E-state index contributed by atoms with van der Waals surface area (Å²) in [6.07, 6.45) is 3.28. The Balaban J connectivity index is 2.81. The van der Waals surface area contributed by atoms with Crippen molar-refractivity contribution in [2.75, 3.05) is 6.61 Å². The van der Waals surface area contributed by atoms with Gasteiger partial charge in [-0.1, -0.05) is 6.92 Å². The van der Waals surface area contributed by atoms with Gasteiger partial charge in [0.2, 0.25) is 0 Å². The van der Waals surface area contributed by atoms with Gasteiger partial charge in [0.05, 0.1) is 18.4 Å². The molecule has 0 saturated heterocycles. The summed E-state index contributed by atoms with van der Waals surface area (Å²) in [6, 6.07) is 1.82. The summed E-state index contributed by atoms with van der Waals surface area (Å²) < 4.78 is 11.1. The van der Waals surface area contributed by atoms with Gasteiger partial charge in [-0.2, -0.15) is 0 Å². The fourth-order valence-corrected chi connectivity index (χ4v) is 1.79. The van der Waals surface area contributed by atoms with Crippen LogP contribution in [0.15, 0.2) is 18.5 Å². The standard InChI is InChI=1S/C14H23NO3/c1-5-13(17-6-2)14(16)11-7-12(9-15-8-11)18-10(3)4/h7-10,13-14,16H,5-6H2,1-4H3. The number of aromatic nitrogens is 1. The SMILES string of the molecule is CCOC(CC)C(O)c1cncc(OC(C)C)c1. The van der Waals surface area contributed by atoms with Crippen LogP contribution in [0.3, 0.4) is 0 Å². The zero-order valence-electron chi connectivity index (χ0n) is 11.6. The molecular weight excluding hydrogens is 230 g/mol. The van der Waals surface area contributed by atoms with Crippen LogP contribution in [-0.2, 0) is 4.74 Å². The van der Waals surface area contributed by atoms with E-state index in [1.54, 1.807) is 12.4 Å². The number of nitrogens with zero attached hydrogens (tertiary/aromatic N) is 1. The molecule has 4 nitrogen and oxygen atoms in total. The molecule has 102 valence electrons. The molecule has 0 aromatic carbocycles. The van der Waals surface area contributed by atoms with E-state index in [4.69, 9.17) is 9.47 Å². The average Bonchev–Trinajstić information content (AvgIpc) is 2.34. The van der Waals surface area contributed by atoms with Crippen molar-refractivity contribution in [2.45, 2.75) is 52.4 Å². The van der Waals surface area contributed by atoms with E-state index in [0.29, 0.717) is 12.4 Å². The first-order chi connectivity index (χ1) is 8.58. The van der Waals surface area contributed by atoms with Crippen LogP contribution < -0.4 is 4.74 Å². The van der Waals surface area contributed by atoms with E-state index in [1.165, 1.54) is 0 Å². The molecule has 4 heteroatoms. The van der Waals surface area contributed by atoms with Crippen molar-refractivity contribution in [3.05, 3.63) is 24.0 Å². The molecule has 2 unspecified atom stereocenters. The van der Waals surface area contributed by atoms with Crippen LogP contribution in [0.5, 0.6) is 5.75 Å². The predicted molar refractivity (Wildman–Crippen MR) is 70.7 cm³/mol. The molecular formula is C14H23NO3. The second kappa shape index (κ2) is 7.34. The number of ether oxygens (including phenoxy) is 2. The molecule has 0 amide bonds. The molecule has 0 aliphatic rings. The van der Waals surface area contributed by atoms with Crippen molar-refractivity contribution in [2.24, 2.45) is 0 Å². The van der Waals surface area contributed by atoms with Gasteiger partial charge in [0.25, 0.3) is 0 Å². The van der Waals surface area contributed by atoms with E-state index >= 15 is 0 Å². The van der Waals surface area contributed by atoms with Gasteiger partial charge in [-0.3, -0.25) is 4.98 Å². The van der Waals surface area contributed by atoms with Crippen molar-refractivity contribution in [3.8, 4) is 5.75 Å². The van der Waals surface area contributed by atoms with E-state index in [9.17, 15) is 5.11 Å². The zero-order chi connectivity index (χ0) is 13.5. The number of rotatable bonds is 7. The Morgan fingerprint density at radius 2 is 2.00 bits per heavy atom. The highest BCUT2D eigenvalue weighted by atomic mass is 16.5. The molecule has 0 saturated carbocycles. The fourth-order valence-electron chi connectivity index (χ4n) is 1.79. The second-order valence-corrected chi connectivity index (χ2v) is 4.47. The molecule has 0 fully saturated rings. The molecule has 1 heterocycles. The van der Waals surface area contributed by atoms with E-state index in [2.05, 4.69) is 4.98 Å². The third kappa shape index (κ3) is 4.27. The number of hydrogen-bond acceptors (Lipinski definition) is 4. The predicted octanol–water partition coefficient (Wildman–Crippen LogP) is 2.72. The lowest BCUT2D eigenvalue weighted by atomic mass is 10.0. The quantitative estimate of drug-likeness (QED) is 0.811.